The molecule has 1 fully saturated rings. The minimum absolute atomic E-state index is 0.00509. The molecule has 1 unspecified atom stereocenters. The predicted octanol–water partition coefficient (Wildman–Crippen LogP) is 3.41. The summed E-state index contributed by atoms with van der Waals surface area (Å²) < 4.78 is 10.9. The number of carbonyl (C=O) groups excluding carboxylic acids is 1. The highest BCUT2D eigenvalue weighted by atomic mass is 16.5. The Kier molecular flexibility index (Phi) is 6.97. The Morgan fingerprint density at radius 3 is 2.68 bits per heavy atom. The minimum atomic E-state index is -0.107. The molecule has 31 heavy (non-hydrogen) atoms. The number of nitrogens with one attached hydrogen (secondary N) is 1. The first kappa shape index (κ1) is 21.5. The first-order valence-electron chi connectivity index (χ1n) is 11.3. The van der Waals surface area contributed by atoms with E-state index in [2.05, 4.69) is 40.4 Å². The second-order valence-corrected chi connectivity index (χ2v) is 8.44. The van der Waals surface area contributed by atoms with Crippen LogP contribution >= 0.6 is 0 Å². The van der Waals surface area contributed by atoms with Gasteiger partial charge in [-0.25, -0.2) is 0 Å². The van der Waals surface area contributed by atoms with Crippen LogP contribution in [0.15, 0.2) is 42.5 Å². The third-order valence-corrected chi connectivity index (χ3v) is 6.32. The summed E-state index contributed by atoms with van der Waals surface area (Å²) in [7, 11) is 3.78. The van der Waals surface area contributed by atoms with Crippen LogP contribution in [0.1, 0.15) is 36.4 Å². The lowest BCUT2D eigenvalue weighted by Gasteiger charge is -2.32. The maximum absolute atomic E-state index is 12.5. The van der Waals surface area contributed by atoms with Crippen LogP contribution in [0.2, 0.25) is 0 Å². The summed E-state index contributed by atoms with van der Waals surface area (Å²) in [6.07, 6.45) is 4.76. The maximum Gasteiger partial charge on any atom is 0.258 e. The van der Waals surface area contributed by atoms with E-state index in [1.165, 1.54) is 36.1 Å². The largest absolute Gasteiger partial charge is 0.497 e. The molecule has 0 aromatic heterocycles. The van der Waals surface area contributed by atoms with E-state index in [1.54, 1.807) is 13.2 Å². The van der Waals surface area contributed by atoms with Crippen molar-refractivity contribution in [3.63, 3.8) is 0 Å². The Morgan fingerprint density at radius 2 is 1.87 bits per heavy atom. The van der Waals surface area contributed by atoms with Crippen LogP contribution in [-0.4, -0.2) is 57.8 Å². The summed E-state index contributed by atoms with van der Waals surface area (Å²) in [6.45, 7) is 3.87. The van der Waals surface area contributed by atoms with Gasteiger partial charge in [0, 0.05) is 31.9 Å². The van der Waals surface area contributed by atoms with Gasteiger partial charge in [-0.05, 0) is 68.1 Å². The molecular formula is C25H33N3O3. The Morgan fingerprint density at radius 1 is 1.06 bits per heavy atom. The van der Waals surface area contributed by atoms with Gasteiger partial charge < -0.3 is 19.7 Å². The molecule has 1 saturated heterocycles. The number of hydrogen-bond donors (Lipinski definition) is 1. The molecule has 2 aliphatic heterocycles. The monoisotopic (exact) mass is 423 g/mol. The van der Waals surface area contributed by atoms with Crippen molar-refractivity contribution >= 4 is 11.6 Å². The lowest BCUT2D eigenvalue weighted by molar-refractivity contribution is -0.123. The number of anilines is 1. The van der Waals surface area contributed by atoms with Gasteiger partial charge in [0.05, 0.1) is 13.2 Å². The molecule has 2 aliphatic rings. The number of hydrogen-bond acceptors (Lipinski definition) is 5. The standard InChI is InChI=1S/C25H33N3O3/c1-27-12-6-7-19-15-20(10-11-23(19)27)24(28-13-3-4-14-28)17-26-25(29)18-31-22-9-5-8-21(16-22)30-2/h5,8-11,15-16,24H,3-4,6-7,12-14,17-18H2,1-2H3,(H,26,29). The number of aryl methyl sites for hydroxylation is 1. The number of likely N-dealkylation sites (tertiary alicyclic amines) is 1. The average molecular weight is 424 g/mol. The highest BCUT2D eigenvalue weighted by molar-refractivity contribution is 5.77. The van der Waals surface area contributed by atoms with Gasteiger partial charge in [0.15, 0.2) is 6.61 Å². The molecule has 6 nitrogen and oxygen atoms in total. The van der Waals surface area contributed by atoms with Crippen LogP contribution in [-0.2, 0) is 11.2 Å². The summed E-state index contributed by atoms with van der Waals surface area (Å²) in [5.41, 5.74) is 4.05. The van der Waals surface area contributed by atoms with Gasteiger partial charge in [-0.1, -0.05) is 18.2 Å². The van der Waals surface area contributed by atoms with Crippen LogP contribution in [0.5, 0.6) is 11.5 Å². The third kappa shape index (κ3) is 5.31. The van der Waals surface area contributed by atoms with E-state index in [9.17, 15) is 4.79 Å². The van der Waals surface area contributed by atoms with Crippen molar-refractivity contribution in [2.45, 2.75) is 31.7 Å². The normalized spacial score (nSPS) is 17.2. The quantitative estimate of drug-likeness (QED) is 0.705. The van der Waals surface area contributed by atoms with Gasteiger partial charge in [0.1, 0.15) is 11.5 Å². The fourth-order valence-corrected chi connectivity index (χ4v) is 4.62. The molecule has 166 valence electrons. The Bertz CT molecular complexity index is 895. The van der Waals surface area contributed by atoms with E-state index in [0.717, 1.165) is 26.1 Å². The molecule has 2 aromatic carbocycles. The van der Waals surface area contributed by atoms with E-state index >= 15 is 0 Å². The summed E-state index contributed by atoms with van der Waals surface area (Å²) in [5, 5.41) is 3.10. The van der Waals surface area contributed by atoms with Crippen molar-refractivity contribution in [1.29, 1.82) is 0 Å². The second kappa shape index (κ2) is 10.1. The maximum atomic E-state index is 12.5. The molecule has 0 spiro atoms. The molecule has 0 bridgehead atoms. The zero-order valence-electron chi connectivity index (χ0n) is 18.6. The lowest BCUT2D eigenvalue weighted by atomic mass is 9.96. The summed E-state index contributed by atoms with van der Waals surface area (Å²) in [6, 6.07) is 14.3. The van der Waals surface area contributed by atoms with E-state index in [1.807, 2.05) is 18.2 Å². The molecule has 0 aliphatic carbocycles. The zero-order chi connectivity index (χ0) is 21.6. The van der Waals surface area contributed by atoms with Crippen LogP contribution < -0.4 is 19.7 Å². The van der Waals surface area contributed by atoms with Crippen LogP contribution in [0.3, 0.4) is 0 Å². The van der Waals surface area contributed by atoms with Gasteiger partial charge in [0.2, 0.25) is 0 Å². The smallest absolute Gasteiger partial charge is 0.258 e. The first-order valence-corrected chi connectivity index (χ1v) is 11.3. The molecule has 6 heteroatoms. The molecule has 2 heterocycles. The van der Waals surface area contributed by atoms with Gasteiger partial charge in [-0.3, -0.25) is 9.69 Å². The fourth-order valence-electron chi connectivity index (χ4n) is 4.62. The molecule has 1 atom stereocenters. The summed E-state index contributed by atoms with van der Waals surface area (Å²) in [5.74, 6) is 1.24. The fraction of sp³-hybridized carbons (Fsp3) is 0.480. The highest BCUT2D eigenvalue weighted by Gasteiger charge is 2.25. The number of fused-ring (bicyclic) bond motifs is 1. The summed E-state index contributed by atoms with van der Waals surface area (Å²) in [4.78, 5) is 17.3. The Labute approximate surface area is 185 Å². The van der Waals surface area contributed by atoms with Gasteiger partial charge in [-0.2, -0.15) is 0 Å². The Balaban J connectivity index is 1.40. The van der Waals surface area contributed by atoms with E-state index in [0.29, 0.717) is 18.0 Å². The van der Waals surface area contributed by atoms with Gasteiger partial charge in [0.25, 0.3) is 5.91 Å². The predicted molar refractivity (Wildman–Crippen MR) is 123 cm³/mol. The number of carbonyl (C=O) groups is 1. The molecule has 1 amide bonds. The lowest BCUT2D eigenvalue weighted by Crippen LogP contribution is -2.38. The van der Waals surface area contributed by atoms with Crippen molar-refractivity contribution in [2.75, 3.05) is 51.8 Å². The molecule has 4 rings (SSSR count). The van der Waals surface area contributed by atoms with Crippen molar-refractivity contribution in [3.05, 3.63) is 53.6 Å². The zero-order valence-corrected chi connectivity index (χ0v) is 18.6. The highest BCUT2D eigenvalue weighted by Crippen LogP contribution is 2.31. The van der Waals surface area contributed by atoms with Gasteiger partial charge >= 0.3 is 0 Å². The average Bonchev–Trinajstić information content (AvgIpc) is 3.33. The van der Waals surface area contributed by atoms with Crippen LogP contribution in [0.4, 0.5) is 5.69 Å². The topological polar surface area (TPSA) is 54.0 Å². The van der Waals surface area contributed by atoms with Crippen molar-refractivity contribution < 1.29 is 14.3 Å². The summed E-state index contributed by atoms with van der Waals surface area (Å²) >= 11 is 0. The third-order valence-electron chi connectivity index (χ3n) is 6.32. The van der Waals surface area contributed by atoms with E-state index in [4.69, 9.17) is 9.47 Å². The van der Waals surface area contributed by atoms with Gasteiger partial charge in [-0.15, -0.1) is 0 Å². The Hall–Kier alpha value is -2.73. The van der Waals surface area contributed by atoms with E-state index < -0.39 is 0 Å². The molecular weight excluding hydrogens is 390 g/mol. The van der Waals surface area contributed by atoms with E-state index in [-0.39, 0.29) is 18.6 Å². The number of rotatable bonds is 8. The van der Waals surface area contributed by atoms with Crippen molar-refractivity contribution in [3.8, 4) is 11.5 Å². The minimum Gasteiger partial charge on any atom is -0.497 e. The first-order chi connectivity index (χ1) is 15.1. The molecule has 2 aromatic rings. The number of nitrogens with zero attached hydrogens (tertiary/aromatic N) is 2. The molecule has 1 N–H and O–H groups in total. The van der Waals surface area contributed by atoms with Crippen molar-refractivity contribution in [1.82, 2.24) is 10.2 Å². The molecule has 0 radical (unpaired) electrons. The van der Waals surface area contributed by atoms with Crippen molar-refractivity contribution in [2.24, 2.45) is 0 Å². The number of ether oxygens (including phenoxy) is 2. The number of benzene rings is 2. The number of amides is 1. The van der Waals surface area contributed by atoms with Crippen LogP contribution in [0, 0.1) is 0 Å². The molecule has 0 saturated carbocycles. The second-order valence-electron chi connectivity index (χ2n) is 8.44. The van der Waals surface area contributed by atoms with Crippen LogP contribution in [0.25, 0.3) is 0 Å². The SMILES string of the molecule is COc1cccc(OCC(=O)NCC(c2ccc3c(c2)CCCN3C)N2CCCC2)c1. The number of methoxy groups -OCH3 is 1.